The maximum Gasteiger partial charge on any atom is 0.408 e. The van der Waals surface area contributed by atoms with E-state index in [-0.39, 0.29) is 32.3 Å². The first-order valence-electron chi connectivity index (χ1n) is 11.6. The number of rotatable bonds is 11. The summed E-state index contributed by atoms with van der Waals surface area (Å²) in [5.41, 5.74) is 3.33. The van der Waals surface area contributed by atoms with Crippen molar-refractivity contribution in [2.45, 2.75) is 17.9 Å². The van der Waals surface area contributed by atoms with Gasteiger partial charge in [0.2, 0.25) is 0 Å². The van der Waals surface area contributed by atoms with Gasteiger partial charge in [0.15, 0.2) is 12.3 Å². The smallest absolute Gasteiger partial charge is 0.408 e. The molecule has 0 radical (unpaired) electrons. The largest absolute Gasteiger partial charge is 0.479 e. The highest BCUT2D eigenvalue weighted by Crippen LogP contribution is 2.44. The third-order valence-corrected chi connectivity index (χ3v) is 7.16. The lowest BCUT2D eigenvalue weighted by atomic mass is 9.91. The first-order valence-corrected chi connectivity index (χ1v) is 12.7. The third kappa shape index (κ3) is 5.89. The standard InChI is InChI=1S/C28H28INO7/c1-34-16-28(26(31)32,14-18-11-12-25(24(29)13-18)37-17-35-2)30-27(33)36-15-23-21-9-5-3-7-19(21)20-8-4-6-10-22(20)23/h3-13,23H,14-17H2,1-2H3,(H,30,33)(H,31,32)/t28-/m1/s1. The van der Waals surface area contributed by atoms with Crippen LogP contribution in [0.2, 0.25) is 0 Å². The van der Waals surface area contributed by atoms with E-state index in [0.29, 0.717) is 11.3 Å². The average molecular weight is 617 g/mol. The molecule has 2 N–H and O–H groups in total. The molecule has 194 valence electrons. The number of aliphatic carboxylic acids is 1. The number of methoxy groups -OCH3 is 2. The van der Waals surface area contributed by atoms with Crippen molar-refractivity contribution in [1.82, 2.24) is 5.32 Å². The van der Waals surface area contributed by atoms with Gasteiger partial charge in [0.25, 0.3) is 0 Å². The van der Waals surface area contributed by atoms with Gasteiger partial charge in [-0.1, -0.05) is 54.6 Å². The second kappa shape index (κ2) is 11.9. The Bertz CT molecular complexity index is 1240. The number of hydrogen-bond acceptors (Lipinski definition) is 6. The van der Waals surface area contributed by atoms with Gasteiger partial charge in [-0.25, -0.2) is 9.59 Å². The van der Waals surface area contributed by atoms with Crippen LogP contribution in [0.3, 0.4) is 0 Å². The number of hydrogen-bond donors (Lipinski definition) is 2. The summed E-state index contributed by atoms with van der Waals surface area (Å²) in [5, 5.41) is 12.7. The Hall–Kier alpha value is -3.15. The molecule has 1 amide bonds. The molecule has 0 spiro atoms. The molecule has 8 nitrogen and oxygen atoms in total. The second-order valence-corrected chi connectivity index (χ2v) is 9.93. The zero-order valence-corrected chi connectivity index (χ0v) is 22.7. The van der Waals surface area contributed by atoms with Crippen molar-refractivity contribution in [3.05, 3.63) is 87.0 Å². The van der Waals surface area contributed by atoms with E-state index in [1.54, 1.807) is 18.2 Å². The molecule has 4 rings (SSSR count). The van der Waals surface area contributed by atoms with E-state index in [1.165, 1.54) is 14.2 Å². The number of carboxylic acid groups (broad SMARTS) is 1. The van der Waals surface area contributed by atoms with E-state index >= 15 is 0 Å². The van der Waals surface area contributed by atoms with Crippen LogP contribution in [0.4, 0.5) is 4.79 Å². The van der Waals surface area contributed by atoms with Gasteiger partial charge >= 0.3 is 12.1 Å². The number of halogens is 1. The van der Waals surface area contributed by atoms with E-state index < -0.39 is 17.6 Å². The van der Waals surface area contributed by atoms with Crippen molar-refractivity contribution >= 4 is 34.7 Å². The van der Waals surface area contributed by atoms with E-state index in [9.17, 15) is 14.7 Å². The van der Waals surface area contributed by atoms with Crippen molar-refractivity contribution in [2.75, 3.05) is 34.2 Å². The van der Waals surface area contributed by atoms with Gasteiger partial charge < -0.3 is 29.4 Å². The summed E-state index contributed by atoms with van der Waals surface area (Å²) in [6, 6.07) is 21.3. The van der Waals surface area contributed by atoms with E-state index in [4.69, 9.17) is 18.9 Å². The number of carboxylic acids is 1. The highest BCUT2D eigenvalue weighted by atomic mass is 127. The van der Waals surface area contributed by atoms with Crippen LogP contribution >= 0.6 is 22.6 Å². The first kappa shape index (κ1) is 26.9. The normalized spacial score (nSPS) is 13.8. The molecule has 37 heavy (non-hydrogen) atoms. The summed E-state index contributed by atoms with van der Waals surface area (Å²) in [5.74, 6) is -0.748. The Morgan fingerprint density at radius 1 is 0.973 bits per heavy atom. The summed E-state index contributed by atoms with van der Waals surface area (Å²) >= 11 is 2.11. The Balaban J connectivity index is 1.50. The first-order chi connectivity index (χ1) is 17.9. The molecule has 0 aliphatic heterocycles. The van der Waals surface area contributed by atoms with Gasteiger partial charge in [-0.05, 0) is 62.5 Å². The predicted molar refractivity (Wildman–Crippen MR) is 146 cm³/mol. The van der Waals surface area contributed by atoms with Crippen LogP contribution in [0.15, 0.2) is 66.7 Å². The van der Waals surface area contributed by atoms with Crippen LogP contribution in [0, 0.1) is 3.57 Å². The Kier molecular flexibility index (Phi) is 8.67. The maximum atomic E-state index is 13.0. The van der Waals surface area contributed by atoms with Crippen LogP contribution in [0.5, 0.6) is 5.75 Å². The van der Waals surface area contributed by atoms with Crippen molar-refractivity contribution < 1.29 is 33.6 Å². The van der Waals surface area contributed by atoms with Gasteiger partial charge in [0, 0.05) is 26.6 Å². The lowest BCUT2D eigenvalue weighted by Crippen LogP contribution is -2.59. The summed E-state index contributed by atoms with van der Waals surface area (Å²) in [6.07, 6.45) is -0.836. The molecule has 0 heterocycles. The van der Waals surface area contributed by atoms with Crippen molar-refractivity contribution in [3.63, 3.8) is 0 Å². The zero-order chi connectivity index (χ0) is 26.4. The van der Waals surface area contributed by atoms with Gasteiger partial charge in [0.1, 0.15) is 12.4 Å². The van der Waals surface area contributed by atoms with Crippen molar-refractivity contribution in [2.24, 2.45) is 0 Å². The minimum absolute atomic E-state index is 0.0130. The Labute approximate surface area is 229 Å². The Morgan fingerprint density at radius 3 is 2.19 bits per heavy atom. The highest BCUT2D eigenvalue weighted by molar-refractivity contribution is 14.1. The lowest BCUT2D eigenvalue weighted by Gasteiger charge is -2.30. The highest BCUT2D eigenvalue weighted by Gasteiger charge is 2.41. The maximum absolute atomic E-state index is 13.0. The average Bonchev–Trinajstić information content (AvgIpc) is 3.20. The predicted octanol–water partition coefficient (Wildman–Crippen LogP) is 4.82. The lowest BCUT2D eigenvalue weighted by molar-refractivity contribution is -0.147. The molecule has 0 bridgehead atoms. The molecular formula is C28H28INO7. The van der Waals surface area contributed by atoms with Crippen LogP contribution in [-0.2, 0) is 25.4 Å². The molecule has 1 aliphatic rings. The number of carbonyl (C=O) groups excluding carboxylic acids is 1. The van der Waals surface area contributed by atoms with E-state index in [1.807, 2.05) is 36.4 Å². The number of amides is 1. The number of fused-ring (bicyclic) bond motifs is 3. The van der Waals surface area contributed by atoms with Gasteiger partial charge in [-0.15, -0.1) is 0 Å². The SMILES string of the molecule is COCOc1ccc(C[C@](COC)(NC(=O)OCC2c3ccccc3-c3ccccc32)C(=O)O)cc1I. The monoisotopic (exact) mass is 617 g/mol. The Morgan fingerprint density at radius 2 is 1.62 bits per heavy atom. The van der Waals surface area contributed by atoms with Gasteiger partial charge in [-0.2, -0.15) is 0 Å². The van der Waals surface area contributed by atoms with Crippen LogP contribution < -0.4 is 10.1 Å². The van der Waals surface area contributed by atoms with Crippen LogP contribution in [0.1, 0.15) is 22.6 Å². The summed E-state index contributed by atoms with van der Waals surface area (Å²) in [4.78, 5) is 25.4. The van der Waals surface area contributed by atoms with Crippen LogP contribution in [0.25, 0.3) is 11.1 Å². The molecule has 9 heteroatoms. The third-order valence-electron chi connectivity index (χ3n) is 6.32. The number of carbonyl (C=O) groups is 2. The van der Waals surface area contributed by atoms with Crippen LogP contribution in [-0.4, -0.2) is 56.9 Å². The fourth-order valence-corrected chi connectivity index (χ4v) is 5.38. The zero-order valence-electron chi connectivity index (χ0n) is 20.5. The molecule has 0 unspecified atom stereocenters. The molecule has 0 saturated heterocycles. The topological polar surface area (TPSA) is 103 Å². The summed E-state index contributed by atoms with van der Waals surface area (Å²) in [7, 11) is 2.92. The summed E-state index contributed by atoms with van der Waals surface area (Å²) in [6.45, 7) is -0.0710. The fourth-order valence-electron chi connectivity index (χ4n) is 4.64. The molecule has 1 atom stereocenters. The van der Waals surface area contributed by atoms with Crippen molar-refractivity contribution in [3.8, 4) is 16.9 Å². The van der Waals surface area contributed by atoms with Gasteiger partial charge in [0.05, 0.1) is 10.2 Å². The molecule has 0 aromatic heterocycles. The summed E-state index contributed by atoms with van der Waals surface area (Å²) < 4.78 is 22.1. The minimum atomic E-state index is -1.73. The number of alkyl carbamates (subject to hydrolysis) is 1. The molecule has 1 aliphatic carbocycles. The molecule has 3 aromatic carbocycles. The fraction of sp³-hybridized carbons (Fsp3) is 0.286. The quantitative estimate of drug-likeness (QED) is 0.235. The molecule has 0 saturated carbocycles. The minimum Gasteiger partial charge on any atom is -0.479 e. The van der Waals surface area contributed by atoms with E-state index in [2.05, 4.69) is 40.0 Å². The second-order valence-electron chi connectivity index (χ2n) is 8.76. The number of ether oxygens (including phenoxy) is 4. The number of nitrogens with one attached hydrogen (secondary N) is 1. The van der Waals surface area contributed by atoms with Crippen molar-refractivity contribution in [1.29, 1.82) is 0 Å². The molecule has 0 fully saturated rings. The van der Waals surface area contributed by atoms with Gasteiger partial charge in [-0.3, -0.25) is 0 Å². The van der Waals surface area contributed by atoms with E-state index in [0.717, 1.165) is 25.8 Å². The molecular weight excluding hydrogens is 589 g/mol. The molecule has 3 aromatic rings. The number of benzene rings is 3.